The molecule has 0 amide bonds. The predicted octanol–water partition coefficient (Wildman–Crippen LogP) is 3.01. The Hall–Kier alpha value is -1.61. The normalized spacial score (nSPS) is 14.8. The molecule has 2 aromatic carbocycles. The summed E-state index contributed by atoms with van der Waals surface area (Å²) < 4.78 is 0. The number of nitrogens with zero attached hydrogens (tertiary/aromatic N) is 2. The van der Waals surface area contributed by atoms with Crippen molar-refractivity contribution in [1.82, 2.24) is 0 Å². The van der Waals surface area contributed by atoms with E-state index in [2.05, 4.69) is 46.2 Å². The fourth-order valence-corrected chi connectivity index (χ4v) is 2.49. The van der Waals surface area contributed by atoms with E-state index in [1.54, 1.807) is 0 Å². The highest BCUT2D eigenvalue weighted by atomic mass is 32.1. The molecular weight excluding hydrogens is 216 g/mol. The van der Waals surface area contributed by atoms with Crippen LogP contribution in [-0.4, -0.2) is 19.2 Å². The zero-order valence-electron chi connectivity index (χ0n) is 9.27. The highest BCUT2D eigenvalue weighted by Crippen LogP contribution is 2.38. The van der Waals surface area contributed by atoms with Gasteiger partial charge in [-0.15, -0.1) is 0 Å². The van der Waals surface area contributed by atoms with Gasteiger partial charge in [-0.2, -0.15) is 0 Å². The van der Waals surface area contributed by atoms with Crippen molar-refractivity contribution in [3.8, 4) is 0 Å². The van der Waals surface area contributed by atoms with Crippen molar-refractivity contribution >= 4 is 39.5 Å². The van der Waals surface area contributed by atoms with Crippen molar-refractivity contribution in [3.63, 3.8) is 0 Å². The Morgan fingerprint density at radius 3 is 1.88 bits per heavy atom. The second kappa shape index (κ2) is 3.19. The third kappa shape index (κ3) is 1.09. The third-order valence-corrected chi connectivity index (χ3v) is 3.71. The maximum absolute atomic E-state index is 5.42. The van der Waals surface area contributed by atoms with Crippen molar-refractivity contribution in [3.05, 3.63) is 36.4 Å². The summed E-state index contributed by atoms with van der Waals surface area (Å²) in [6, 6.07) is 12.7. The average molecular weight is 228 g/mol. The van der Waals surface area contributed by atoms with Crippen LogP contribution in [0.1, 0.15) is 0 Å². The van der Waals surface area contributed by atoms with Crippen LogP contribution < -0.4 is 9.80 Å². The molecule has 0 N–H and O–H groups in total. The van der Waals surface area contributed by atoms with Crippen molar-refractivity contribution in [1.29, 1.82) is 0 Å². The van der Waals surface area contributed by atoms with Gasteiger partial charge in [0.05, 0.1) is 11.4 Å². The molecule has 0 atom stereocenters. The minimum Gasteiger partial charge on any atom is -0.321 e. The van der Waals surface area contributed by atoms with Gasteiger partial charge in [-0.1, -0.05) is 24.3 Å². The molecular formula is C13H12N2S. The molecule has 2 nitrogen and oxygen atoms in total. The summed E-state index contributed by atoms with van der Waals surface area (Å²) in [5.41, 5.74) is 2.38. The molecule has 1 aliphatic heterocycles. The van der Waals surface area contributed by atoms with E-state index in [0.717, 1.165) is 5.11 Å². The molecule has 1 heterocycles. The van der Waals surface area contributed by atoms with Crippen molar-refractivity contribution < 1.29 is 0 Å². The van der Waals surface area contributed by atoms with E-state index in [4.69, 9.17) is 12.2 Å². The first kappa shape index (κ1) is 9.60. The van der Waals surface area contributed by atoms with E-state index in [9.17, 15) is 0 Å². The molecule has 0 fully saturated rings. The Bertz CT molecular complexity index is 545. The first-order valence-corrected chi connectivity index (χ1v) is 5.64. The molecule has 0 unspecified atom stereocenters. The van der Waals surface area contributed by atoms with E-state index in [1.165, 1.54) is 22.1 Å². The molecule has 1 aliphatic rings. The quantitative estimate of drug-likeness (QED) is 0.640. The van der Waals surface area contributed by atoms with Crippen LogP contribution in [0.5, 0.6) is 0 Å². The summed E-state index contributed by atoms with van der Waals surface area (Å²) in [4.78, 5) is 4.12. The van der Waals surface area contributed by atoms with Crippen LogP contribution in [0.2, 0.25) is 0 Å². The van der Waals surface area contributed by atoms with Gasteiger partial charge in [0, 0.05) is 19.5 Å². The zero-order chi connectivity index (χ0) is 11.3. The van der Waals surface area contributed by atoms with Crippen molar-refractivity contribution in [2.75, 3.05) is 23.9 Å². The Kier molecular flexibility index (Phi) is 1.91. The Labute approximate surface area is 100 Å². The molecule has 0 aromatic heterocycles. The van der Waals surface area contributed by atoms with E-state index in [0.29, 0.717) is 0 Å². The van der Waals surface area contributed by atoms with Crippen molar-refractivity contribution in [2.45, 2.75) is 0 Å². The average Bonchev–Trinajstić information content (AvgIpc) is 2.33. The molecule has 3 rings (SSSR count). The lowest BCUT2D eigenvalue weighted by Gasteiger charge is -2.35. The predicted molar refractivity (Wildman–Crippen MR) is 73.4 cm³/mol. The highest BCUT2D eigenvalue weighted by Gasteiger charge is 2.23. The largest absolute Gasteiger partial charge is 0.321 e. The molecule has 2 aromatic rings. The molecule has 80 valence electrons. The van der Waals surface area contributed by atoms with E-state index in [1.807, 2.05) is 14.1 Å². The van der Waals surface area contributed by atoms with E-state index >= 15 is 0 Å². The van der Waals surface area contributed by atoms with Gasteiger partial charge in [0.25, 0.3) is 0 Å². The summed E-state index contributed by atoms with van der Waals surface area (Å²) in [5, 5.41) is 3.38. The topological polar surface area (TPSA) is 6.48 Å². The van der Waals surface area contributed by atoms with Gasteiger partial charge in [0.2, 0.25) is 0 Å². The van der Waals surface area contributed by atoms with Gasteiger partial charge >= 0.3 is 0 Å². The fourth-order valence-electron chi connectivity index (χ4n) is 2.29. The number of thiocarbonyl (C=S) groups is 1. The number of anilines is 2. The number of benzene rings is 2. The van der Waals surface area contributed by atoms with Crippen LogP contribution in [0.4, 0.5) is 11.4 Å². The standard InChI is InChI=1S/C13H12N2S/c1-14-10-7-3-5-9-6-4-8-11(12(9)10)15(2)13(14)16/h3-8H,1-2H3. The fraction of sp³-hybridized carbons (Fsp3) is 0.154. The van der Waals surface area contributed by atoms with Crippen LogP contribution in [0.3, 0.4) is 0 Å². The summed E-state index contributed by atoms with van der Waals surface area (Å²) >= 11 is 5.42. The SMILES string of the molecule is CN1C(=S)N(C)c2cccc3cccc1c23. The van der Waals surface area contributed by atoms with Gasteiger partial charge in [0.1, 0.15) is 0 Å². The lowest BCUT2D eigenvalue weighted by molar-refractivity contribution is 1.17. The lowest BCUT2D eigenvalue weighted by Crippen LogP contribution is -2.41. The van der Waals surface area contributed by atoms with Crippen LogP contribution in [0, 0.1) is 0 Å². The third-order valence-electron chi connectivity index (χ3n) is 3.16. The lowest BCUT2D eigenvalue weighted by atomic mass is 10.0. The summed E-state index contributed by atoms with van der Waals surface area (Å²) in [5.74, 6) is 0. The first-order valence-electron chi connectivity index (χ1n) is 5.23. The molecule has 0 aliphatic carbocycles. The molecule has 0 bridgehead atoms. The number of hydrogen-bond donors (Lipinski definition) is 0. The maximum Gasteiger partial charge on any atom is 0.180 e. The Morgan fingerprint density at radius 1 is 0.875 bits per heavy atom. The second-order valence-corrected chi connectivity index (χ2v) is 4.42. The Balaban J connectivity index is 2.47. The monoisotopic (exact) mass is 228 g/mol. The molecule has 0 saturated heterocycles. The van der Waals surface area contributed by atoms with Gasteiger partial charge in [0.15, 0.2) is 5.11 Å². The Morgan fingerprint density at radius 2 is 1.38 bits per heavy atom. The van der Waals surface area contributed by atoms with Crippen LogP contribution >= 0.6 is 12.2 Å². The van der Waals surface area contributed by atoms with Gasteiger partial charge in [-0.3, -0.25) is 0 Å². The zero-order valence-corrected chi connectivity index (χ0v) is 10.1. The molecule has 0 radical (unpaired) electrons. The number of hydrogen-bond acceptors (Lipinski definition) is 1. The van der Waals surface area contributed by atoms with Crippen LogP contribution in [0.15, 0.2) is 36.4 Å². The summed E-state index contributed by atoms with van der Waals surface area (Å²) in [6.07, 6.45) is 0. The van der Waals surface area contributed by atoms with Gasteiger partial charge in [-0.25, -0.2) is 0 Å². The molecule has 0 spiro atoms. The molecule has 3 heteroatoms. The van der Waals surface area contributed by atoms with Crippen molar-refractivity contribution in [2.24, 2.45) is 0 Å². The molecule has 16 heavy (non-hydrogen) atoms. The smallest absolute Gasteiger partial charge is 0.180 e. The van der Waals surface area contributed by atoms with Gasteiger partial charge in [-0.05, 0) is 29.7 Å². The summed E-state index contributed by atoms with van der Waals surface area (Å²) in [7, 11) is 4.03. The van der Waals surface area contributed by atoms with Crippen LogP contribution in [-0.2, 0) is 0 Å². The van der Waals surface area contributed by atoms with Gasteiger partial charge < -0.3 is 9.80 Å². The van der Waals surface area contributed by atoms with Crippen LogP contribution in [0.25, 0.3) is 10.8 Å². The van der Waals surface area contributed by atoms with E-state index < -0.39 is 0 Å². The minimum absolute atomic E-state index is 0.839. The minimum atomic E-state index is 0.839. The van der Waals surface area contributed by atoms with E-state index in [-0.39, 0.29) is 0 Å². The first-order chi connectivity index (χ1) is 7.70. The maximum atomic E-state index is 5.42. The molecule has 0 saturated carbocycles. The number of rotatable bonds is 0. The highest BCUT2D eigenvalue weighted by molar-refractivity contribution is 7.80. The summed E-state index contributed by atoms with van der Waals surface area (Å²) in [6.45, 7) is 0. The second-order valence-electron chi connectivity index (χ2n) is 4.05.